The highest BCUT2D eigenvalue weighted by atomic mass is 16.6. The molecule has 0 N–H and O–H groups in total. The second-order valence-electron chi connectivity index (χ2n) is 11.7. The monoisotopic (exact) mass is 540 g/mol. The van der Waals surface area contributed by atoms with Gasteiger partial charge in [0.15, 0.2) is 0 Å². The fourth-order valence-electron chi connectivity index (χ4n) is 5.35. The van der Waals surface area contributed by atoms with E-state index in [0.717, 1.165) is 72.5 Å². The number of hydrogen-bond donors (Lipinski definition) is 0. The molecule has 1 amide bonds. The molecule has 0 spiro atoms. The summed E-state index contributed by atoms with van der Waals surface area (Å²) in [6.45, 7) is 10.4. The van der Waals surface area contributed by atoms with Crippen molar-refractivity contribution in [3.05, 3.63) is 71.8 Å². The summed E-state index contributed by atoms with van der Waals surface area (Å²) in [5.74, 6) is 0. The van der Waals surface area contributed by atoms with Gasteiger partial charge in [0.25, 0.3) is 0 Å². The third kappa shape index (κ3) is 5.77. The van der Waals surface area contributed by atoms with Crippen molar-refractivity contribution >= 4 is 6.09 Å². The molecule has 0 atom stereocenters. The maximum Gasteiger partial charge on any atom is 0.410 e. The molecular weight excluding hydrogens is 504 g/mol. The molecule has 2 aliphatic heterocycles. The molecule has 10 heteroatoms. The summed E-state index contributed by atoms with van der Waals surface area (Å²) in [6.07, 6.45) is 13.2. The predicted octanol–water partition coefficient (Wildman–Crippen LogP) is 4.09. The summed E-state index contributed by atoms with van der Waals surface area (Å²) in [4.78, 5) is 26.3. The molecule has 0 saturated heterocycles. The van der Waals surface area contributed by atoms with Crippen LogP contribution < -0.4 is 0 Å². The van der Waals surface area contributed by atoms with Gasteiger partial charge in [-0.3, -0.25) is 24.2 Å². The molecule has 2 aliphatic rings. The number of hydrogen-bond acceptors (Lipinski definition) is 7. The van der Waals surface area contributed by atoms with Gasteiger partial charge in [0.1, 0.15) is 5.60 Å². The number of pyridine rings is 2. The first kappa shape index (κ1) is 26.2. The number of carbonyl (C=O) groups excluding carboxylic acids is 1. The molecule has 0 unspecified atom stereocenters. The largest absolute Gasteiger partial charge is 0.444 e. The van der Waals surface area contributed by atoms with Crippen LogP contribution in [0.25, 0.3) is 22.3 Å². The molecular formula is C30H36N8O2. The van der Waals surface area contributed by atoms with Gasteiger partial charge in [0, 0.05) is 104 Å². The quantitative estimate of drug-likeness (QED) is 0.376. The minimum absolute atomic E-state index is 0.277. The topological polar surface area (TPSA) is 94.2 Å². The molecule has 4 aromatic heterocycles. The molecule has 0 radical (unpaired) electrons. The summed E-state index contributed by atoms with van der Waals surface area (Å²) in [5.41, 5.74) is 8.31. The van der Waals surface area contributed by atoms with Gasteiger partial charge in [0.05, 0.1) is 25.5 Å². The van der Waals surface area contributed by atoms with Crippen LogP contribution in [0.3, 0.4) is 0 Å². The molecule has 40 heavy (non-hydrogen) atoms. The van der Waals surface area contributed by atoms with E-state index in [0.29, 0.717) is 13.1 Å². The van der Waals surface area contributed by atoms with Crippen LogP contribution >= 0.6 is 0 Å². The van der Waals surface area contributed by atoms with E-state index in [2.05, 4.69) is 33.4 Å². The Hall–Kier alpha value is -4.05. The van der Waals surface area contributed by atoms with E-state index in [-0.39, 0.29) is 6.09 Å². The number of aryl methyl sites for hydroxylation is 1. The molecule has 10 nitrogen and oxygen atoms in total. The summed E-state index contributed by atoms with van der Waals surface area (Å²) in [7, 11) is 1.93. The first-order valence-corrected chi connectivity index (χ1v) is 13.9. The van der Waals surface area contributed by atoms with Crippen LogP contribution in [0, 0.1) is 0 Å². The van der Waals surface area contributed by atoms with E-state index in [1.54, 1.807) is 4.90 Å². The zero-order valence-corrected chi connectivity index (χ0v) is 23.7. The Labute approximate surface area is 234 Å². The van der Waals surface area contributed by atoms with Crippen molar-refractivity contribution in [3.8, 4) is 22.3 Å². The maximum atomic E-state index is 12.6. The van der Waals surface area contributed by atoms with Crippen LogP contribution in [0.4, 0.5) is 4.79 Å². The third-order valence-corrected chi connectivity index (χ3v) is 7.46. The lowest BCUT2D eigenvalue weighted by Gasteiger charge is -2.30. The van der Waals surface area contributed by atoms with Crippen LogP contribution in [0.15, 0.2) is 49.3 Å². The van der Waals surface area contributed by atoms with Crippen molar-refractivity contribution in [3.63, 3.8) is 0 Å². The van der Waals surface area contributed by atoms with Gasteiger partial charge in [0.2, 0.25) is 0 Å². The molecule has 6 rings (SSSR count). The van der Waals surface area contributed by atoms with Gasteiger partial charge in [-0.05, 0) is 44.0 Å². The summed E-state index contributed by atoms with van der Waals surface area (Å²) in [6, 6.07) is 4.39. The number of amides is 1. The average molecular weight is 541 g/mol. The fraction of sp³-hybridized carbons (Fsp3) is 0.433. The van der Waals surface area contributed by atoms with Crippen molar-refractivity contribution in [1.82, 2.24) is 39.3 Å². The number of ether oxygens (including phenoxy) is 1. The molecule has 0 saturated carbocycles. The van der Waals surface area contributed by atoms with E-state index in [1.165, 1.54) is 11.3 Å². The number of nitrogens with zero attached hydrogens (tertiary/aromatic N) is 8. The van der Waals surface area contributed by atoms with Crippen molar-refractivity contribution in [1.29, 1.82) is 0 Å². The number of fused-ring (bicyclic) bond motifs is 2. The maximum absolute atomic E-state index is 12.6. The van der Waals surface area contributed by atoms with Crippen molar-refractivity contribution in [2.24, 2.45) is 7.05 Å². The lowest BCUT2D eigenvalue weighted by atomic mass is 10.0. The van der Waals surface area contributed by atoms with Gasteiger partial charge < -0.3 is 9.64 Å². The van der Waals surface area contributed by atoms with Crippen LogP contribution in [0.5, 0.6) is 0 Å². The summed E-state index contributed by atoms with van der Waals surface area (Å²) >= 11 is 0. The standard InChI is InChI=1S/C30H36N8O2/c1-30(2,3)40-29(39)37-8-6-28-24(19-37)12-22(14-32-28)26-16-34-38(20-26)10-9-36-7-5-27-23(18-36)11-21(13-31-27)25-15-33-35(4)17-25/h11-17,20H,5-10,18-19H2,1-4H3. The highest BCUT2D eigenvalue weighted by molar-refractivity contribution is 5.69. The van der Waals surface area contributed by atoms with Gasteiger partial charge >= 0.3 is 6.09 Å². The second kappa shape index (κ2) is 10.5. The molecule has 0 fully saturated rings. The van der Waals surface area contributed by atoms with Crippen LogP contribution in [-0.4, -0.2) is 70.7 Å². The Balaban J connectivity index is 1.08. The Bertz CT molecular complexity index is 1530. The lowest BCUT2D eigenvalue weighted by Crippen LogP contribution is -2.40. The van der Waals surface area contributed by atoms with Crippen LogP contribution in [0.2, 0.25) is 0 Å². The van der Waals surface area contributed by atoms with Crippen LogP contribution in [0.1, 0.15) is 43.3 Å². The van der Waals surface area contributed by atoms with E-state index >= 15 is 0 Å². The molecule has 6 heterocycles. The molecule has 0 aromatic carbocycles. The van der Waals surface area contributed by atoms with Crippen LogP contribution in [-0.2, 0) is 44.3 Å². The average Bonchev–Trinajstić information content (AvgIpc) is 3.59. The second-order valence-corrected chi connectivity index (χ2v) is 11.7. The minimum Gasteiger partial charge on any atom is -0.444 e. The van der Waals surface area contributed by atoms with E-state index < -0.39 is 5.60 Å². The first-order chi connectivity index (χ1) is 19.2. The summed E-state index contributed by atoms with van der Waals surface area (Å²) in [5, 5.41) is 8.92. The van der Waals surface area contributed by atoms with Gasteiger partial charge in [-0.25, -0.2) is 4.79 Å². The Morgan fingerprint density at radius 1 is 0.825 bits per heavy atom. The SMILES string of the molecule is Cn1cc(-c2cnc3c(c2)CN(CCn2cc(-c4cnc5c(c4)CN(C(=O)OC(C)(C)C)CC5)cn2)CC3)cn1. The minimum atomic E-state index is -0.511. The van der Waals surface area contributed by atoms with Crippen molar-refractivity contribution in [2.75, 3.05) is 19.6 Å². The van der Waals surface area contributed by atoms with E-state index in [1.807, 2.05) is 68.2 Å². The normalized spacial score (nSPS) is 15.6. The van der Waals surface area contributed by atoms with Gasteiger partial charge in [-0.1, -0.05) is 0 Å². The molecule has 4 aromatic rings. The van der Waals surface area contributed by atoms with E-state index in [9.17, 15) is 4.79 Å². The smallest absolute Gasteiger partial charge is 0.410 e. The summed E-state index contributed by atoms with van der Waals surface area (Å²) < 4.78 is 9.40. The Morgan fingerprint density at radius 3 is 2.15 bits per heavy atom. The molecule has 0 aliphatic carbocycles. The number of carbonyl (C=O) groups is 1. The Morgan fingerprint density at radius 2 is 1.48 bits per heavy atom. The number of rotatable bonds is 5. The molecule has 0 bridgehead atoms. The van der Waals surface area contributed by atoms with Gasteiger partial charge in [-0.15, -0.1) is 0 Å². The predicted molar refractivity (Wildman–Crippen MR) is 151 cm³/mol. The lowest BCUT2D eigenvalue weighted by molar-refractivity contribution is 0.0223. The van der Waals surface area contributed by atoms with Crippen molar-refractivity contribution < 1.29 is 9.53 Å². The fourth-order valence-corrected chi connectivity index (χ4v) is 5.35. The Kier molecular flexibility index (Phi) is 6.87. The van der Waals surface area contributed by atoms with Crippen molar-refractivity contribution in [2.45, 2.75) is 58.8 Å². The highest BCUT2D eigenvalue weighted by Gasteiger charge is 2.26. The highest BCUT2D eigenvalue weighted by Crippen LogP contribution is 2.26. The van der Waals surface area contributed by atoms with Gasteiger partial charge in [-0.2, -0.15) is 10.2 Å². The van der Waals surface area contributed by atoms with E-state index in [4.69, 9.17) is 14.7 Å². The first-order valence-electron chi connectivity index (χ1n) is 13.9. The zero-order chi connectivity index (χ0) is 27.9. The molecule has 208 valence electrons. The zero-order valence-electron chi connectivity index (χ0n) is 23.7. The third-order valence-electron chi connectivity index (χ3n) is 7.46. The number of aromatic nitrogens is 6.